The molecule has 19 heavy (non-hydrogen) atoms. The summed E-state index contributed by atoms with van der Waals surface area (Å²) in [6, 6.07) is 0. The van der Waals surface area contributed by atoms with Crippen molar-refractivity contribution in [3.63, 3.8) is 0 Å². The fraction of sp³-hybridized carbons (Fsp3) is 0.933. The number of ether oxygens (including phenoxy) is 1. The van der Waals surface area contributed by atoms with Gasteiger partial charge in [0, 0.05) is 19.7 Å². The highest BCUT2D eigenvalue weighted by Crippen LogP contribution is 2.20. The van der Waals surface area contributed by atoms with Crippen LogP contribution in [-0.2, 0) is 9.53 Å². The van der Waals surface area contributed by atoms with Crippen LogP contribution in [0.1, 0.15) is 51.4 Å². The second-order valence-electron chi connectivity index (χ2n) is 5.82. The molecule has 4 nitrogen and oxygen atoms in total. The highest BCUT2D eigenvalue weighted by Gasteiger charge is 2.20. The number of piperidine rings is 1. The maximum Gasteiger partial charge on any atom is 0.224 e. The summed E-state index contributed by atoms with van der Waals surface area (Å²) in [7, 11) is 0. The summed E-state index contributed by atoms with van der Waals surface area (Å²) in [4.78, 5) is 11.9. The summed E-state index contributed by atoms with van der Waals surface area (Å²) in [5.41, 5.74) is 0. The lowest BCUT2D eigenvalue weighted by Crippen LogP contribution is -2.41. The van der Waals surface area contributed by atoms with E-state index in [-0.39, 0.29) is 11.8 Å². The molecule has 0 aromatic rings. The molecule has 2 fully saturated rings. The molecule has 4 heteroatoms. The van der Waals surface area contributed by atoms with Gasteiger partial charge in [-0.15, -0.1) is 0 Å². The highest BCUT2D eigenvalue weighted by molar-refractivity contribution is 5.78. The Labute approximate surface area is 116 Å². The minimum absolute atomic E-state index is 0.174. The van der Waals surface area contributed by atoms with E-state index in [4.69, 9.17) is 4.74 Å². The van der Waals surface area contributed by atoms with E-state index < -0.39 is 0 Å². The molecule has 0 aromatic carbocycles. The molecule has 110 valence electrons. The van der Waals surface area contributed by atoms with Gasteiger partial charge in [0.25, 0.3) is 0 Å². The van der Waals surface area contributed by atoms with Crippen molar-refractivity contribution in [2.75, 3.05) is 26.2 Å². The molecule has 0 aromatic heterocycles. The standard InChI is InChI=1S/C15H28N2O2/c18-15(13-6-4-9-16-12-13)17-10-5-11-19-14-7-2-1-3-8-14/h13-14,16H,1-12H2,(H,17,18)/t13-/m1/s1. The molecule has 1 saturated carbocycles. The zero-order chi connectivity index (χ0) is 13.3. The summed E-state index contributed by atoms with van der Waals surface area (Å²) in [5.74, 6) is 0.387. The maximum absolute atomic E-state index is 11.9. The zero-order valence-corrected chi connectivity index (χ0v) is 12.0. The largest absolute Gasteiger partial charge is 0.378 e. The Morgan fingerprint density at radius 1 is 1.16 bits per heavy atom. The Kier molecular flexibility index (Phi) is 6.65. The summed E-state index contributed by atoms with van der Waals surface area (Å²) in [6.45, 7) is 3.43. The predicted molar refractivity (Wildman–Crippen MR) is 76.0 cm³/mol. The van der Waals surface area contributed by atoms with E-state index in [1.807, 2.05) is 0 Å². The van der Waals surface area contributed by atoms with Gasteiger partial charge in [0.15, 0.2) is 0 Å². The van der Waals surface area contributed by atoms with E-state index in [2.05, 4.69) is 10.6 Å². The number of carbonyl (C=O) groups excluding carboxylic acids is 1. The molecule has 0 spiro atoms. The first kappa shape index (κ1) is 14.8. The van der Waals surface area contributed by atoms with E-state index in [1.165, 1.54) is 32.1 Å². The van der Waals surface area contributed by atoms with Gasteiger partial charge in [-0.3, -0.25) is 4.79 Å². The molecule has 1 aliphatic heterocycles. The molecular formula is C15H28N2O2. The van der Waals surface area contributed by atoms with Gasteiger partial charge in [0.2, 0.25) is 5.91 Å². The van der Waals surface area contributed by atoms with Crippen molar-refractivity contribution in [1.82, 2.24) is 10.6 Å². The Hall–Kier alpha value is -0.610. The smallest absolute Gasteiger partial charge is 0.224 e. The third-order valence-electron chi connectivity index (χ3n) is 4.19. The molecule has 2 N–H and O–H groups in total. The number of amides is 1. The predicted octanol–water partition coefficient (Wildman–Crippen LogP) is 1.84. The highest BCUT2D eigenvalue weighted by atomic mass is 16.5. The molecule has 2 rings (SSSR count). The Balaban J connectivity index is 1.47. The second kappa shape index (κ2) is 8.54. The fourth-order valence-electron chi connectivity index (χ4n) is 2.99. The van der Waals surface area contributed by atoms with Crippen LogP contribution in [0.15, 0.2) is 0 Å². The lowest BCUT2D eigenvalue weighted by atomic mass is 9.98. The third-order valence-corrected chi connectivity index (χ3v) is 4.19. The lowest BCUT2D eigenvalue weighted by molar-refractivity contribution is -0.125. The van der Waals surface area contributed by atoms with Crippen molar-refractivity contribution in [2.45, 2.75) is 57.5 Å². The first-order valence-corrected chi connectivity index (χ1v) is 7.96. The first-order chi connectivity index (χ1) is 9.36. The van der Waals surface area contributed by atoms with Crippen molar-refractivity contribution >= 4 is 5.91 Å². The van der Waals surface area contributed by atoms with Gasteiger partial charge in [0.1, 0.15) is 0 Å². The topological polar surface area (TPSA) is 50.4 Å². The van der Waals surface area contributed by atoms with E-state index >= 15 is 0 Å². The van der Waals surface area contributed by atoms with Gasteiger partial charge in [-0.05, 0) is 38.6 Å². The summed E-state index contributed by atoms with van der Waals surface area (Å²) < 4.78 is 5.85. The third kappa shape index (κ3) is 5.49. The van der Waals surface area contributed by atoms with Crippen LogP contribution in [0.4, 0.5) is 0 Å². The lowest BCUT2D eigenvalue weighted by Gasteiger charge is -2.23. The Morgan fingerprint density at radius 2 is 2.00 bits per heavy atom. The van der Waals surface area contributed by atoms with Gasteiger partial charge in [-0.25, -0.2) is 0 Å². The van der Waals surface area contributed by atoms with Crippen molar-refractivity contribution in [2.24, 2.45) is 5.92 Å². The van der Waals surface area contributed by atoms with Crippen molar-refractivity contribution < 1.29 is 9.53 Å². The maximum atomic E-state index is 11.9. The van der Waals surface area contributed by atoms with Gasteiger partial charge < -0.3 is 15.4 Å². The normalized spacial score (nSPS) is 25.2. The molecule has 1 amide bonds. The van der Waals surface area contributed by atoms with E-state index in [0.29, 0.717) is 6.10 Å². The van der Waals surface area contributed by atoms with Gasteiger partial charge in [0.05, 0.1) is 12.0 Å². The molecule has 2 aliphatic rings. The van der Waals surface area contributed by atoms with Crippen LogP contribution in [0.2, 0.25) is 0 Å². The van der Waals surface area contributed by atoms with Crippen LogP contribution in [-0.4, -0.2) is 38.3 Å². The SMILES string of the molecule is O=C(NCCCOC1CCCCC1)[C@@H]1CCCNC1. The van der Waals surface area contributed by atoms with Gasteiger partial charge in [-0.2, -0.15) is 0 Å². The Bertz CT molecular complexity index is 259. The van der Waals surface area contributed by atoms with Crippen LogP contribution < -0.4 is 10.6 Å². The van der Waals surface area contributed by atoms with Crippen LogP contribution in [0.5, 0.6) is 0 Å². The molecular weight excluding hydrogens is 240 g/mol. The van der Waals surface area contributed by atoms with Crippen molar-refractivity contribution in [3.8, 4) is 0 Å². The average Bonchev–Trinajstić information content (AvgIpc) is 2.49. The van der Waals surface area contributed by atoms with Crippen molar-refractivity contribution in [3.05, 3.63) is 0 Å². The van der Waals surface area contributed by atoms with Crippen LogP contribution in [0.25, 0.3) is 0 Å². The number of hydrogen-bond donors (Lipinski definition) is 2. The number of hydrogen-bond acceptors (Lipinski definition) is 3. The molecule has 1 saturated heterocycles. The number of carbonyl (C=O) groups is 1. The number of nitrogens with one attached hydrogen (secondary N) is 2. The molecule has 0 bridgehead atoms. The Morgan fingerprint density at radius 3 is 2.74 bits per heavy atom. The minimum Gasteiger partial charge on any atom is -0.378 e. The van der Waals surface area contributed by atoms with Gasteiger partial charge >= 0.3 is 0 Å². The van der Waals surface area contributed by atoms with Gasteiger partial charge in [-0.1, -0.05) is 19.3 Å². The molecule has 0 radical (unpaired) electrons. The van der Waals surface area contributed by atoms with E-state index in [1.54, 1.807) is 0 Å². The quantitative estimate of drug-likeness (QED) is 0.723. The summed E-state index contributed by atoms with van der Waals surface area (Å²) in [5, 5.41) is 6.31. The molecule has 1 aliphatic carbocycles. The number of rotatable bonds is 6. The average molecular weight is 268 g/mol. The molecule has 1 heterocycles. The fourth-order valence-corrected chi connectivity index (χ4v) is 2.99. The van der Waals surface area contributed by atoms with E-state index in [0.717, 1.165) is 45.5 Å². The van der Waals surface area contributed by atoms with Crippen LogP contribution in [0.3, 0.4) is 0 Å². The summed E-state index contributed by atoms with van der Waals surface area (Å²) in [6.07, 6.45) is 9.99. The molecule has 1 atom stereocenters. The van der Waals surface area contributed by atoms with Crippen LogP contribution in [0, 0.1) is 5.92 Å². The monoisotopic (exact) mass is 268 g/mol. The minimum atomic E-state index is 0.174. The second-order valence-corrected chi connectivity index (χ2v) is 5.82. The zero-order valence-electron chi connectivity index (χ0n) is 12.0. The van der Waals surface area contributed by atoms with Crippen molar-refractivity contribution in [1.29, 1.82) is 0 Å². The molecule has 0 unspecified atom stereocenters. The van der Waals surface area contributed by atoms with E-state index in [9.17, 15) is 4.79 Å². The first-order valence-electron chi connectivity index (χ1n) is 7.96. The van der Waals surface area contributed by atoms with Crippen LogP contribution >= 0.6 is 0 Å². The summed E-state index contributed by atoms with van der Waals surface area (Å²) >= 11 is 0.